The van der Waals surface area contributed by atoms with Crippen LogP contribution in [0.2, 0.25) is 0 Å². The number of anilines is 1. The minimum atomic E-state index is -3.43. The van der Waals surface area contributed by atoms with Crippen molar-refractivity contribution >= 4 is 15.5 Å². The zero-order chi connectivity index (χ0) is 16.6. The minimum absolute atomic E-state index is 0.149. The molecule has 0 aliphatic carbocycles. The lowest BCUT2D eigenvalue weighted by molar-refractivity contribution is 0.475. The highest BCUT2D eigenvalue weighted by Gasteiger charge is 2.33. The lowest BCUT2D eigenvalue weighted by Gasteiger charge is -2.18. The van der Waals surface area contributed by atoms with Gasteiger partial charge in [-0.1, -0.05) is 12.1 Å². The average Bonchev–Trinajstić information content (AvgIpc) is 2.64. The Morgan fingerprint density at radius 2 is 1.78 bits per heavy atom. The second-order valence-electron chi connectivity index (χ2n) is 6.20. The van der Waals surface area contributed by atoms with Crippen molar-refractivity contribution in [1.82, 2.24) is 0 Å². The summed E-state index contributed by atoms with van der Waals surface area (Å²) in [5, 5.41) is 8.88. The molecule has 2 aromatic carbocycles. The Bertz CT molecular complexity index is 811. The summed E-state index contributed by atoms with van der Waals surface area (Å²) in [5.41, 5.74) is 2.66. The maximum absolute atomic E-state index is 13.1. The van der Waals surface area contributed by atoms with Crippen molar-refractivity contribution in [2.45, 2.75) is 29.4 Å². The molecule has 5 heteroatoms. The Hall–Kier alpha value is -2.01. The second kappa shape index (κ2) is 5.89. The zero-order valence-corrected chi connectivity index (χ0v) is 14.2. The summed E-state index contributed by atoms with van der Waals surface area (Å²) in [6, 6.07) is 12.1. The summed E-state index contributed by atoms with van der Waals surface area (Å²) in [5.74, 6) is 0.149. The van der Waals surface area contributed by atoms with Gasteiger partial charge in [-0.2, -0.15) is 0 Å². The first kappa shape index (κ1) is 15.9. The molecule has 0 amide bonds. The molecule has 0 saturated heterocycles. The van der Waals surface area contributed by atoms with Gasteiger partial charge in [0.2, 0.25) is 0 Å². The van der Waals surface area contributed by atoms with Crippen LogP contribution in [0.5, 0.6) is 5.75 Å². The number of nitrogens with zero attached hydrogens (tertiary/aromatic N) is 1. The minimum Gasteiger partial charge on any atom is -0.508 e. The number of aryl methyl sites for hydroxylation is 1. The highest BCUT2D eigenvalue weighted by Crippen LogP contribution is 2.39. The first-order valence-corrected chi connectivity index (χ1v) is 9.27. The number of phenolic OH excluding ortho intramolecular Hbond substituents is 1. The molecular weight excluding hydrogens is 310 g/mol. The van der Waals surface area contributed by atoms with Crippen molar-refractivity contribution in [1.29, 1.82) is 0 Å². The van der Waals surface area contributed by atoms with E-state index in [4.69, 9.17) is 0 Å². The van der Waals surface area contributed by atoms with Crippen molar-refractivity contribution in [3.63, 3.8) is 0 Å². The van der Waals surface area contributed by atoms with E-state index in [2.05, 4.69) is 0 Å². The monoisotopic (exact) mass is 331 g/mol. The quantitative estimate of drug-likeness (QED) is 0.917. The molecule has 1 heterocycles. The fraction of sp³-hybridized carbons (Fsp3) is 0.333. The molecule has 122 valence electrons. The molecule has 0 saturated carbocycles. The Labute approximate surface area is 137 Å². The Balaban J connectivity index is 2.08. The normalized spacial score (nSPS) is 19.7. The van der Waals surface area contributed by atoms with Crippen LogP contribution in [0.4, 0.5) is 5.69 Å². The van der Waals surface area contributed by atoms with Crippen molar-refractivity contribution in [2.24, 2.45) is 0 Å². The highest BCUT2D eigenvalue weighted by molar-refractivity contribution is 7.91. The Morgan fingerprint density at radius 1 is 1.09 bits per heavy atom. The number of benzene rings is 2. The summed E-state index contributed by atoms with van der Waals surface area (Å²) < 4.78 is 26.2. The van der Waals surface area contributed by atoms with Crippen LogP contribution in [0.1, 0.15) is 29.2 Å². The zero-order valence-electron chi connectivity index (χ0n) is 13.4. The average molecular weight is 331 g/mol. The predicted molar refractivity (Wildman–Crippen MR) is 91.7 cm³/mol. The number of aromatic hydroxyl groups is 1. The molecule has 0 radical (unpaired) electrons. The van der Waals surface area contributed by atoms with Gasteiger partial charge in [-0.25, -0.2) is 8.42 Å². The van der Waals surface area contributed by atoms with Crippen LogP contribution < -0.4 is 4.90 Å². The third-order valence-corrected chi connectivity index (χ3v) is 6.69. The van der Waals surface area contributed by atoms with Crippen molar-refractivity contribution in [3.05, 3.63) is 53.6 Å². The van der Waals surface area contributed by atoms with E-state index in [9.17, 15) is 13.5 Å². The molecule has 0 fully saturated rings. The van der Waals surface area contributed by atoms with E-state index < -0.39 is 15.1 Å². The Morgan fingerprint density at radius 3 is 2.43 bits per heavy atom. The summed E-state index contributed by atoms with van der Waals surface area (Å²) in [4.78, 5) is 2.42. The molecule has 1 N–H and O–H groups in total. The maximum Gasteiger partial charge on any atom is 0.185 e. The molecule has 3 rings (SSSR count). The van der Waals surface area contributed by atoms with E-state index in [0.29, 0.717) is 11.3 Å². The summed E-state index contributed by atoms with van der Waals surface area (Å²) in [6.07, 6.45) is 2.19. The van der Waals surface area contributed by atoms with E-state index in [0.717, 1.165) is 29.7 Å². The van der Waals surface area contributed by atoms with Gasteiger partial charge in [0, 0.05) is 19.8 Å². The fourth-order valence-corrected chi connectivity index (χ4v) is 5.22. The molecule has 0 bridgehead atoms. The van der Waals surface area contributed by atoms with Crippen molar-refractivity contribution < 1.29 is 13.5 Å². The summed E-state index contributed by atoms with van der Waals surface area (Å²) >= 11 is 0. The first-order chi connectivity index (χ1) is 10.9. The number of sulfone groups is 1. The predicted octanol–water partition coefficient (Wildman–Crippen LogP) is 3.31. The van der Waals surface area contributed by atoms with Gasteiger partial charge in [-0.15, -0.1) is 0 Å². The van der Waals surface area contributed by atoms with Crippen LogP contribution in [-0.4, -0.2) is 27.6 Å². The van der Waals surface area contributed by atoms with Crippen LogP contribution in [0.3, 0.4) is 0 Å². The second-order valence-corrected chi connectivity index (χ2v) is 8.30. The number of hydrogen-bond donors (Lipinski definition) is 1. The van der Waals surface area contributed by atoms with Gasteiger partial charge in [0.25, 0.3) is 0 Å². The van der Waals surface area contributed by atoms with E-state index in [1.165, 1.54) is 0 Å². The molecule has 2 aromatic rings. The van der Waals surface area contributed by atoms with Gasteiger partial charge in [0.05, 0.1) is 10.1 Å². The number of hydrogen-bond acceptors (Lipinski definition) is 4. The number of phenols is 1. The van der Waals surface area contributed by atoms with Gasteiger partial charge in [0.15, 0.2) is 9.84 Å². The van der Waals surface area contributed by atoms with Gasteiger partial charge in [0.1, 0.15) is 5.75 Å². The molecule has 1 aliphatic rings. The molecule has 0 aromatic heterocycles. The lowest BCUT2D eigenvalue weighted by atomic mass is 10.0. The highest BCUT2D eigenvalue weighted by atomic mass is 32.2. The van der Waals surface area contributed by atoms with Crippen LogP contribution in [0.15, 0.2) is 47.4 Å². The van der Waals surface area contributed by atoms with E-state index >= 15 is 0 Å². The summed E-state index contributed by atoms with van der Waals surface area (Å²) in [6.45, 7) is 0. The maximum atomic E-state index is 13.1. The lowest BCUT2D eigenvalue weighted by Crippen LogP contribution is -2.14. The smallest absolute Gasteiger partial charge is 0.185 e. The van der Waals surface area contributed by atoms with E-state index in [1.54, 1.807) is 30.3 Å². The fourth-order valence-electron chi connectivity index (χ4n) is 3.14. The standard InChI is InChI=1S/C18H21NO3S/c1-19(2)15-8-11-18-14(12-15)4-3-5-17(23(18,21)22)13-6-9-16(20)10-7-13/h6-12,17,20H,3-5H2,1-2H3. The van der Waals surface area contributed by atoms with Crippen molar-refractivity contribution in [3.8, 4) is 5.75 Å². The van der Waals surface area contributed by atoms with Crippen LogP contribution in [0.25, 0.3) is 0 Å². The molecule has 4 nitrogen and oxygen atoms in total. The van der Waals surface area contributed by atoms with Crippen LogP contribution >= 0.6 is 0 Å². The number of fused-ring (bicyclic) bond motifs is 1. The first-order valence-electron chi connectivity index (χ1n) is 7.72. The molecule has 1 atom stereocenters. The van der Waals surface area contributed by atoms with Gasteiger partial charge in [-0.05, 0) is 60.7 Å². The molecule has 23 heavy (non-hydrogen) atoms. The molecular formula is C18H21NO3S. The van der Waals surface area contributed by atoms with Crippen LogP contribution in [0, 0.1) is 0 Å². The third-order valence-electron chi connectivity index (χ3n) is 4.42. The molecule has 1 aliphatic heterocycles. The third kappa shape index (κ3) is 2.93. The SMILES string of the molecule is CN(C)c1ccc2c(c1)CCCC(c1ccc(O)cc1)S2(=O)=O. The van der Waals surface area contributed by atoms with Crippen LogP contribution in [-0.2, 0) is 16.3 Å². The van der Waals surface area contributed by atoms with E-state index in [-0.39, 0.29) is 5.75 Å². The van der Waals surface area contributed by atoms with Gasteiger partial charge < -0.3 is 10.0 Å². The molecule has 1 unspecified atom stereocenters. The van der Waals surface area contributed by atoms with Gasteiger partial charge in [-0.3, -0.25) is 0 Å². The Kier molecular flexibility index (Phi) is 4.06. The largest absolute Gasteiger partial charge is 0.508 e. The van der Waals surface area contributed by atoms with Crippen molar-refractivity contribution in [2.75, 3.05) is 19.0 Å². The molecule has 0 spiro atoms. The topological polar surface area (TPSA) is 57.6 Å². The van der Waals surface area contributed by atoms with E-state index in [1.807, 2.05) is 31.1 Å². The summed E-state index contributed by atoms with van der Waals surface area (Å²) in [7, 11) is 0.473. The number of rotatable bonds is 2. The van der Waals surface area contributed by atoms with Gasteiger partial charge >= 0.3 is 0 Å².